The number of carboxylic acid groups (broad SMARTS) is 1. The Morgan fingerprint density at radius 2 is 1.96 bits per heavy atom. The fourth-order valence-electron chi connectivity index (χ4n) is 2.16. The van der Waals surface area contributed by atoms with Crippen molar-refractivity contribution in [3.63, 3.8) is 0 Å². The zero-order valence-electron chi connectivity index (χ0n) is 14.9. The van der Waals surface area contributed by atoms with Crippen molar-refractivity contribution in [3.8, 4) is 5.75 Å². The third kappa shape index (κ3) is 6.54. The number of carbonyl (C=O) groups excluding carboxylic acids is 1. The molecule has 0 aliphatic heterocycles. The second-order valence-corrected chi connectivity index (χ2v) is 6.13. The molecule has 0 spiro atoms. The van der Waals surface area contributed by atoms with E-state index in [0.29, 0.717) is 43.3 Å². The molecule has 2 N–H and O–H groups in total. The minimum Gasteiger partial charge on any atom is -0.482 e. The van der Waals surface area contributed by atoms with Crippen LogP contribution in [0, 0.1) is 0 Å². The zero-order chi connectivity index (χ0) is 18.9. The number of hydrogen-bond donors (Lipinski definition) is 2. The number of carbonyl (C=O) groups is 2. The maximum Gasteiger partial charge on any atom is 0.341 e. The van der Waals surface area contributed by atoms with Crippen LogP contribution in [0.2, 0.25) is 0 Å². The van der Waals surface area contributed by atoms with E-state index >= 15 is 0 Å². The smallest absolute Gasteiger partial charge is 0.341 e. The van der Waals surface area contributed by atoms with Gasteiger partial charge in [-0.3, -0.25) is 4.79 Å². The van der Waals surface area contributed by atoms with Gasteiger partial charge < -0.3 is 19.7 Å². The number of aromatic nitrogens is 2. The van der Waals surface area contributed by atoms with Crippen molar-refractivity contribution in [1.29, 1.82) is 0 Å². The van der Waals surface area contributed by atoms with Crippen molar-refractivity contribution in [1.82, 2.24) is 15.5 Å². The van der Waals surface area contributed by atoms with Crippen molar-refractivity contribution < 1.29 is 24.0 Å². The van der Waals surface area contributed by atoms with Gasteiger partial charge in [0.1, 0.15) is 5.75 Å². The van der Waals surface area contributed by atoms with E-state index in [1.807, 2.05) is 26.0 Å². The van der Waals surface area contributed by atoms with E-state index in [-0.39, 0.29) is 18.4 Å². The van der Waals surface area contributed by atoms with Crippen LogP contribution in [0.15, 0.2) is 28.8 Å². The Balaban J connectivity index is 1.66. The molecule has 2 aromatic rings. The zero-order valence-corrected chi connectivity index (χ0v) is 14.9. The minimum absolute atomic E-state index is 0.0734. The van der Waals surface area contributed by atoms with Gasteiger partial charge in [-0.1, -0.05) is 31.1 Å². The third-order valence-corrected chi connectivity index (χ3v) is 3.59. The maximum absolute atomic E-state index is 11.9. The van der Waals surface area contributed by atoms with Gasteiger partial charge in [0.25, 0.3) is 0 Å². The molecule has 8 nitrogen and oxygen atoms in total. The maximum atomic E-state index is 11.9. The molecule has 140 valence electrons. The molecule has 0 aliphatic rings. The average molecular weight is 361 g/mol. The van der Waals surface area contributed by atoms with Gasteiger partial charge in [-0.15, -0.1) is 0 Å². The number of benzene rings is 1. The van der Waals surface area contributed by atoms with E-state index in [2.05, 4.69) is 15.5 Å². The van der Waals surface area contributed by atoms with Crippen LogP contribution in [0.25, 0.3) is 0 Å². The molecule has 1 aromatic heterocycles. The van der Waals surface area contributed by atoms with E-state index in [4.69, 9.17) is 14.4 Å². The molecular formula is C18H23N3O5. The molecule has 0 saturated heterocycles. The van der Waals surface area contributed by atoms with Crippen LogP contribution in [-0.4, -0.2) is 40.3 Å². The summed E-state index contributed by atoms with van der Waals surface area (Å²) in [7, 11) is 0. The molecule has 0 saturated carbocycles. The monoisotopic (exact) mass is 361 g/mol. The SMILES string of the molecule is CC(C)c1noc(CCC(=O)NCCc2ccc(OCC(=O)O)cc2)n1. The molecule has 1 amide bonds. The Bertz CT molecular complexity index is 725. The first-order valence-electron chi connectivity index (χ1n) is 8.46. The van der Waals surface area contributed by atoms with Crippen LogP contribution in [0.3, 0.4) is 0 Å². The molecule has 0 aliphatic carbocycles. The number of hydrogen-bond acceptors (Lipinski definition) is 6. The van der Waals surface area contributed by atoms with Gasteiger partial charge in [0.2, 0.25) is 11.8 Å². The second-order valence-electron chi connectivity index (χ2n) is 6.13. The van der Waals surface area contributed by atoms with Crippen molar-refractivity contribution in [3.05, 3.63) is 41.5 Å². The van der Waals surface area contributed by atoms with Crippen molar-refractivity contribution in [2.75, 3.05) is 13.2 Å². The van der Waals surface area contributed by atoms with Crippen LogP contribution >= 0.6 is 0 Å². The Hall–Kier alpha value is -2.90. The molecule has 26 heavy (non-hydrogen) atoms. The average Bonchev–Trinajstić information content (AvgIpc) is 3.08. The van der Waals surface area contributed by atoms with Gasteiger partial charge in [0.15, 0.2) is 12.4 Å². The fraction of sp³-hybridized carbons (Fsp3) is 0.444. The lowest BCUT2D eigenvalue weighted by Gasteiger charge is -2.06. The summed E-state index contributed by atoms with van der Waals surface area (Å²) >= 11 is 0. The summed E-state index contributed by atoms with van der Waals surface area (Å²) in [5, 5.41) is 15.3. The largest absolute Gasteiger partial charge is 0.482 e. The molecule has 1 aromatic carbocycles. The van der Waals surface area contributed by atoms with Gasteiger partial charge in [-0.05, 0) is 24.1 Å². The van der Waals surface area contributed by atoms with Crippen LogP contribution in [0.5, 0.6) is 5.75 Å². The van der Waals surface area contributed by atoms with Crippen molar-refractivity contribution >= 4 is 11.9 Å². The van der Waals surface area contributed by atoms with Gasteiger partial charge in [-0.2, -0.15) is 4.98 Å². The number of nitrogens with zero attached hydrogens (tertiary/aromatic N) is 2. The predicted molar refractivity (Wildman–Crippen MR) is 93.0 cm³/mol. The number of carboxylic acids is 1. The highest BCUT2D eigenvalue weighted by Crippen LogP contribution is 2.12. The summed E-state index contributed by atoms with van der Waals surface area (Å²) in [6.07, 6.45) is 1.38. The first-order chi connectivity index (χ1) is 12.4. The Kier molecular flexibility index (Phi) is 7.13. The minimum atomic E-state index is -1.02. The summed E-state index contributed by atoms with van der Waals surface area (Å²) < 4.78 is 10.2. The highest BCUT2D eigenvalue weighted by Gasteiger charge is 2.11. The summed E-state index contributed by atoms with van der Waals surface area (Å²) in [5.74, 6) is 0.730. The van der Waals surface area contributed by atoms with Crippen LogP contribution in [0.1, 0.15) is 43.5 Å². The standard InChI is InChI=1S/C18H23N3O5/c1-12(2)18-20-16(26-21-18)8-7-15(22)19-10-9-13-3-5-14(6-4-13)25-11-17(23)24/h3-6,12H,7-11H2,1-2H3,(H,19,22)(H,23,24). The van der Waals surface area contributed by atoms with E-state index in [9.17, 15) is 9.59 Å². The van der Waals surface area contributed by atoms with Crippen LogP contribution < -0.4 is 10.1 Å². The number of aliphatic carboxylic acids is 1. The molecular weight excluding hydrogens is 338 g/mol. The molecule has 0 unspecified atom stereocenters. The Labute approximate surface area is 151 Å². The van der Waals surface area contributed by atoms with Gasteiger partial charge >= 0.3 is 5.97 Å². The molecule has 0 atom stereocenters. The van der Waals surface area contributed by atoms with Gasteiger partial charge in [0.05, 0.1) is 0 Å². The predicted octanol–water partition coefficient (Wildman–Crippen LogP) is 1.95. The first-order valence-corrected chi connectivity index (χ1v) is 8.46. The van der Waals surface area contributed by atoms with Crippen molar-refractivity contribution in [2.24, 2.45) is 0 Å². The number of amides is 1. The van der Waals surface area contributed by atoms with Gasteiger partial charge in [-0.25, -0.2) is 4.79 Å². The molecule has 8 heteroatoms. The topological polar surface area (TPSA) is 115 Å². The first kappa shape index (κ1) is 19.4. The number of ether oxygens (including phenoxy) is 1. The van der Waals surface area contributed by atoms with Gasteiger partial charge in [0, 0.05) is 25.3 Å². The highest BCUT2D eigenvalue weighted by molar-refractivity contribution is 5.76. The lowest BCUT2D eigenvalue weighted by molar-refractivity contribution is -0.139. The highest BCUT2D eigenvalue weighted by atomic mass is 16.5. The third-order valence-electron chi connectivity index (χ3n) is 3.59. The summed E-state index contributed by atoms with van der Waals surface area (Å²) in [5.41, 5.74) is 1.02. The lowest BCUT2D eigenvalue weighted by atomic mass is 10.1. The quantitative estimate of drug-likeness (QED) is 0.664. The molecule has 0 bridgehead atoms. The summed E-state index contributed by atoms with van der Waals surface area (Å²) in [6.45, 7) is 4.10. The van der Waals surface area contributed by atoms with E-state index in [0.717, 1.165) is 5.56 Å². The van der Waals surface area contributed by atoms with Crippen LogP contribution in [-0.2, 0) is 22.4 Å². The number of nitrogens with one attached hydrogen (secondary N) is 1. The van der Waals surface area contributed by atoms with E-state index in [1.54, 1.807) is 12.1 Å². The summed E-state index contributed by atoms with van der Waals surface area (Å²) in [4.78, 5) is 26.6. The normalized spacial score (nSPS) is 10.7. The fourth-order valence-corrected chi connectivity index (χ4v) is 2.16. The molecule has 2 rings (SSSR count). The molecule has 0 radical (unpaired) electrons. The van der Waals surface area contributed by atoms with E-state index < -0.39 is 5.97 Å². The Morgan fingerprint density at radius 1 is 1.23 bits per heavy atom. The van der Waals surface area contributed by atoms with E-state index in [1.165, 1.54) is 0 Å². The van der Waals surface area contributed by atoms with Crippen LogP contribution in [0.4, 0.5) is 0 Å². The van der Waals surface area contributed by atoms with Crippen molar-refractivity contribution in [2.45, 2.75) is 39.0 Å². The Morgan fingerprint density at radius 3 is 2.58 bits per heavy atom. The number of aryl methyl sites for hydroxylation is 1. The molecule has 1 heterocycles. The number of rotatable bonds is 10. The lowest BCUT2D eigenvalue weighted by Crippen LogP contribution is -2.25. The second kappa shape index (κ2) is 9.55. The molecule has 0 fully saturated rings. The summed E-state index contributed by atoms with van der Waals surface area (Å²) in [6, 6.07) is 7.11.